The summed E-state index contributed by atoms with van der Waals surface area (Å²) < 4.78 is 4.46. The van der Waals surface area contributed by atoms with E-state index in [-0.39, 0.29) is 34.7 Å². The average molecular weight is 269 g/mol. The summed E-state index contributed by atoms with van der Waals surface area (Å²) in [4.78, 5) is 21.6. The highest BCUT2D eigenvalue weighted by molar-refractivity contribution is 6.17. The number of halogens is 1. The van der Waals surface area contributed by atoms with E-state index in [1.54, 1.807) is 0 Å². The van der Waals surface area contributed by atoms with Gasteiger partial charge in [0.25, 0.3) is 5.69 Å². The Morgan fingerprint density at radius 1 is 1.61 bits per heavy atom. The maximum absolute atomic E-state index is 11.2. The molecule has 0 unspecified atom stereocenters. The normalized spacial score (nSPS) is 9.61. The molecule has 0 aliphatic rings. The van der Waals surface area contributed by atoms with Crippen molar-refractivity contribution < 1.29 is 14.5 Å². The van der Waals surface area contributed by atoms with Crippen molar-refractivity contribution in [3.8, 4) is 6.07 Å². The van der Waals surface area contributed by atoms with Crippen LogP contribution in [0.2, 0.25) is 0 Å². The molecule has 6 nitrogen and oxygen atoms in total. The fourth-order valence-electron chi connectivity index (χ4n) is 1.52. The molecule has 0 spiro atoms. The molecule has 7 heteroatoms. The molecule has 0 atom stereocenters. The van der Waals surface area contributed by atoms with E-state index in [1.807, 2.05) is 6.07 Å². The van der Waals surface area contributed by atoms with Gasteiger partial charge in [0.05, 0.1) is 41.5 Å². The number of nitrogens with zero attached hydrogens (tertiary/aromatic N) is 2. The molecule has 0 bridgehead atoms. The van der Waals surface area contributed by atoms with E-state index in [1.165, 1.54) is 19.2 Å². The second kappa shape index (κ2) is 5.98. The lowest BCUT2D eigenvalue weighted by Gasteiger charge is -2.07. The molecule has 0 saturated carbocycles. The quantitative estimate of drug-likeness (QED) is 0.360. The van der Waals surface area contributed by atoms with Crippen molar-refractivity contribution in [2.24, 2.45) is 0 Å². The molecule has 0 N–H and O–H groups in total. The van der Waals surface area contributed by atoms with Crippen molar-refractivity contribution in [2.45, 2.75) is 12.3 Å². The van der Waals surface area contributed by atoms with Gasteiger partial charge in [0.2, 0.25) is 0 Å². The first-order valence-corrected chi connectivity index (χ1v) is 5.40. The second-order valence-corrected chi connectivity index (χ2v) is 3.62. The lowest BCUT2D eigenvalue weighted by atomic mass is 10.0. The predicted molar refractivity (Wildman–Crippen MR) is 63.1 cm³/mol. The molecule has 0 saturated heterocycles. The maximum atomic E-state index is 11.2. The van der Waals surface area contributed by atoms with E-state index in [0.717, 1.165) is 0 Å². The summed E-state index contributed by atoms with van der Waals surface area (Å²) in [5, 5.41) is 19.9. The van der Waals surface area contributed by atoms with Crippen molar-refractivity contribution in [2.75, 3.05) is 7.11 Å². The number of esters is 1. The molecular weight excluding hydrogens is 260 g/mol. The van der Waals surface area contributed by atoms with E-state index in [4.69, 9.17) is 16.9 Å². The number of rotatable bonds is 4. The van der Waals surface area contributed by atoms with Gasteiger partial charge < -0.3 is 4.74 Å². The lowest BCUT2D eigenvalue weighted by molar-refractivity contribution is -0.386. The summed E-state index contributed by atoms with van der Waals surface area (Å²) in [6, 6.07) is 4.60. The monoisotopic (exact) mass is 268 g/mol. The number of nitriles is 1. The molecule has 0 aromatic heterocycles. The minimum absolute atomic E-state index is 0.116. The Morgan fingerprint density at radius 3 is 2.72 bits per heavy atom. The Kier molecular flexibility index (Phi) is 4.63. The summed E-state index contributed by atoms with van der Waals surface area (Å²) in [6.45, 7) is 0. The third-order valence-electron chi connectivity index (χ3n) is 2.37. The van der Waals surface area contributed by atoms with Crippen LogP contribution in [-0.2, 0) is 21.8 Å². The first kappa shape index (κ1) is 13.9. The van der Waals surface area contributed by atoms with Gasteiger partial charge >= 0.3 is 5.97 Å². The van der Waals surface area contributed by atoms with Gasteiger partial charge in [-0.05, 0) is 6.07 Å². The van der Waals surface area contributed by atoms with Crippen molar-refractivity contribution in [3.63, 3.8) is 0 Å². The highest BCUT2D eigenvalue weighted by Crippen LogP contribution is 2.29. The van der Waals surface area contributed by atoms with Crippen molar-refractivity contribution in [1.29, 1.82) is 5.26 Å². The van der Waals surface area contributed by atoms with Crippen molar-refractivity contribution >= 4 is 23.3 Å². The van der Waals surface area contributed by atoms with Gasteiger partial charge in [0, 0.05) is 5.56 Å². The van der Waals surface area contributed by atoms with Crippen molar-refractivity contribution in [1.82, 2.24) is 0 Å². The van der Waals surface area contributed by atoms with Crippen LogP contribution < -0.4 is 0 Å². The van der Waals surface area contributed by atoms with Gasteiger partial charge in [-0.15, -0.1) is 11.6 Å². The third kappa shape index (κ3) is 2.76. The Morgan fingerprint density at radius 2 is 2.28 bits per heavy atom. The Hall–Kier alpha value is -2.13. The Labute approximate surface area is 108 Å². The van der Waals surface area contributed by atoms with Crippen LogP contribution in [0.25, 0.3) is 0 Å². The van der Waals surface area contributed by atoms with Crippen molar-refractivity contribution in [3.05, 3.63) is 38.9 Å². The van der Waals surface area contributed by atoms with Crippen LogP contribution in [0.15, 0.2) is 12.1 Å². The van der Waals surface area contributed by atoms with Gasteiger partial charge in [-0.3, -0.25) is 14.9 Å². The number of hydrogen-bond acceptors (Lipinski definition) is 5. The first-order chi connectivity index (χ1) is 8.54. The van der Waals surface area contributed by atoms with Crippen LogP contribution in [0.5, 0.6) is 0 Å². The minimum atomic E-state index is -0.642. The molecule has 0 amide bonds. The predicted octanol–water partition coefficient (Wildman–Crippen LogP) is 1.92. The molecule has 94 valence electrons. The van der Waals surface area contributed by atoms with E-state index >= 15 is 0 Å². The Bertz CT molecular complexity index is 537. The molecule has 18 heavy (non-hydrogen) atoms. The summed E-state index contributed by atoms with van der Waals surface area (Å²) in [7, 11) is 1.19. The van der Waals surface area contributed by atoms with Crippen LogP contribution >= 0.6 is 11.6 Å². The van der Waals surface area contributed by atoms with Gasteiger partial charge in [-0.2, -0.15) is 5.26 Å². The average Bonchev–Trinajstić information content (AvgIpc) is 2.37. The molecule has 0 aliphatic heterocycles. The molecule has 1 rings (SSSR count). The summed E-state index contributed by atoms with van der Waals surface area (Å²) >= 11 is 5.63. The number of methoxy groups -OCH3 is 1. The molecule has 0 heterocycles. The largest absolute Gasteiger partial charge is 0.469 e. The summed E-state index contributed by atoms with van der Waals surface area (Å²) in [6.07, 6.45) is -0.234. The van der Waals surface area contributed by atoms with Crippen LogP contribution in [0.1, 0.15) is 16.7 Å². The zero-order chi connectivity index (χ0) is 13.7. The smallest absolute Gasteiger partial charge is 0.310 e. The van der Waals surface area contributed by atoms with E-state index in [2.05, 4.69) is 4.74 Å². The number of benzene rings is 1. The third-order valence-corrected chi connectivity index (χ3v) is 2.63. The number of nitro groups is 1. The minimum Gasteiger partial charge on any atom is -0.469 e. The fraction of sp³-hybridized carbons (Fsp3) is 0.273. The van der Waals surface area contributed by atoms with Crippen LogP contribution in [0, 0.1) is 21.4 Å². The standard InChI is InChI=1S/C11H9ClN2O4/c1-18-10(15)4-7-2-3-8(6-13)9(5-12)11(7)14(16)17/h2-3H,4-5H2,1H3. The van der Waals surface area contributed by atoms with Crippen LogP contribution in [0.3, 0.4) is 0 Å². The van der Waals surface area contributed by atoms with E-state index in [9.17, 15) is 14.9 Å². The van der Waals surface area contributed by atoms with Crippen LogP contribution in [0.4, 0.5) is 5.69 Å². The number of carbonyl (C=O) groups is 1. The topological polar surface area (TPSA) is 93.2 Å². The number of ether oxygens (including phenoxy) is 1. The number of alkyl halides is 1. The zero-order valence-corrected chi connectivity index (χ0v) is 10.2. The second-order valence-electron chi connectivity index (χ2n) is 3.35. The van der Waals surface area contributed by atoms with Crippen LogP contribution in [-0.4, -0.2) is 18.0 Å². The highest BCUT2D eigenvalue weighted by Gasteiger charge is 2.24. The molecule has 0 aliphatic carbocycles. The summed E-state index contributed by atoms with van der Waals surface area (Å²) in [5.41, 5.74) is 0.131. The molecule has 0 fully saturated rings. The van der Waals surface area contributed by atoms with Gasteiger partial charge in [0.1, 0.15) is 0 Å². The Balaban J connectivity index is 3.40. The number of nitro benzene ring substituents is 1. The van der Waals surface area contributed by atoms with Gasteiger partial charge in [0.15, 0.2) is 0 Å². The number of carbonyl (C=O) groups excluding carboxylic acids is 1. The molecule has 0 radical (unpaired) electrons. The molecular formula is C11H9ClN2O4. The SMILES string of the molecule is COC(=O)Cc1ccc(C#N)c(CCl)c1[N+](=O)[O-]. The van der Waals surface area contributed by atoms with Gasteiger partial charge in [-0.1, -0.05) is 6.07 Å². The first-order valence-electron chi connectivity index (χ1n) is 4.87. The van der Waals surface area contributed by atoms with E-state index < -0.39 is 10.9 Å². The maximum Gasteiger partial charge on any atom is 0.310 e. The molecule has 1 aromatic carbocycles. The lowest BCUT2D eigenvalue weighted by Crippen LogP contribution is -2.09. The molecule has 1 aromatic rings. The van der Waals surface area contributed by atoms with E-state index in [0.29, 0.717) is 0 Å². The number of hydrogen-bond donors (Lipinski definition) is 0. The fourth-order valence-corrected chi connectivity index (χ4v) is 1.79. The zero-order valence-electron chi connectivity index (χ0n) is 9.47. The highest BCUT2D eigenvalue weighted by atomic mass is 35.5. The summed E-state index contributed by atoms with van der Waals surface area (Å²) in [5.74, 6) is -0.767. The van der Waals surface area contributed by atoms with Gasteiger partial charge in [-0.25, -0.2) is 0 Å².